The Balaban J connectivity index is 1.71. The van der Waals surface area contributed by atoms with Crippen LogP contribution >= 0.6 is 11.6 Å². The fourth-order valence-corrected chi connectivity index (χ4v) is 2.48. The Morgan fingerprint density at radius 1 is 1.32 bits per heavy atom. The summed E-state index contributed by atoms with van der Waals surface area (Å²) in [6.07, 6.45) is 5.07. The van der Waals surface area contributed by atoms with E-state index in [1.165, 1.54) is 16.8 Å². The topological polar surface area (TPSA) is 97.2 Å². The lowest BCUT2D eigenvalue weighted by molar-refractivity contribution is 0.625. The van der Waals surface area contributed by atoms with E-state index in [-0.39, 0.29) is 11.1 Å². The number of hydrogen-bond donors (Lipinski definition) is 2. The molecule has 2 N–H and O–H groups in total. The van der Waals surface area contributed by atoms with Gasteiger partial charge in [-0.2, -0.15) is 14.8 Å². The molecule has 0 bridgehead atoms. The van der Waals surface area contributed by atoms with Crippen LogP contribution in [0.2, 0.25) is 5.02 Å². The Kier molecular flexibility index (Phi) is 3.77. The predicted octanol–water partition coefficient (Wildman–Crippen LogP) is 2.90. The van der Waals surface area contributed by atoms with Gasteiger partial charge in [0.15, 0.2) is 11.2 Å². The smallest absolute Gasteiger partial charge is 0.225 e. The Morgan fingerprint density at radius 3 is 2.96 bits per heavy atom. The van der Waals surface area contributed by atoms with Crippen LogP contribution in [0, 0.1) is 5.82 Å². The molecule has 25 heavy (non-hydrogen) atoms. The van der Waals surface area contributed by atoms with Gasteiger partial charge in [-0.1, -0.05) is 16.8 Å². The molecular formula is C15H12ClFN8. The summed E-state index contributed by atoms with van der Waals surface area (Å²) in [5, 5.41) is 17.9. The number of H-pyrrole nitrogens is 1. The van der Waals surface area contributed by atoms with E-state index in [1.54, 1.807) is 24.7 Å². The summed E-state index contributed by atoms with van der Waals surface area (Å²) in [5.41, 5.74) is 2.39. The fraction of sp³-hybridized carbons (Fsp3) is 0.133. The van der Waals surface area contributed by atoms with Gasteiger partial charge >= 0.3 is 0 Å². The first kappa shape index (κ1) is 15.5. The minimum absolute atomic E-state index is 0.0408. The molecule has 1 atom stereocenters. The summed E-state index contributed by atoms with van der Waals surface area (Å²) in [6, 6.07) is 4.33. The second-order valence-corrected chi connectivity index (χ2v) is 5.81. The quantitative estimate of drug-likeness (QED) is 0.582. The minimum Gasteiger partial charge on any atom is -0.348 e. The Labute approximate surface area is 146 Å². The molecule has 4 rings (SSSR count). The van der Waals surface area contributed by atoms with Gasteiger partial charge in [-0.3, -0.25) is 5.10 Å². The molecule has 3 aromatic heterocycles. The first-order valence-electron chi connectivity index (χ1n) is 7.41. The van der Waals surface area contributed by atoms with Gasteiger partial charge in [0.1, 0.15) is 5.82 Å². The van der Waals surface area contributed by atoms with E-state index in [0.717, 1.165) is 5.56 Å². The van der Waals surface area contributed by atoms with Gasteiger partial charge < -0.3 is 5.32 Å². The average molecular weight is 359 g/mol. The highest BCUT2D eigenvalue weighted by Gasteiger charge is 2.13. The van der Waals surface area contributed by atoms with Crippen molar-refractivity contribution in [3.8, 4) is 5.69 Å². The molecule has 126 valence electrons. The molecule has 3 heterocycles. The number of anilines is 1. The van der Waals surface area contributed by atoms with E-state index in [9.17, 15) is 4.39 Å². The maximum Gasteiger partial charge on any atom is 0.225 e. The summed E-state index contributed by atoms with van der Waals surface area (Å²) >= 11 is 5.73. The van der Waals surface area contributed by atoms with Gasteiger partial charge in [0.2, 0.25) is 5.95 Å². The van der Waals surface area contributed by atoms with Crippen molar-refractivity contribution in [3.05, 3.63) is 53.2 Å². The largest absolute Gasteiger partial charge is 0.348 e. The molecule has 0 saturated carbocycles. The van der Waals surface area contributed by atoms with Crippen molar-refractivity contribution < 1.29 is 4.39 Å². The van der Waals surface area contributed by atoms with E-state index < -0.39 is 5.82 Å². The van der Waals surface area contributed by atoms with Crippen molar-refractivity contribution in [1.29, 1.82) is 0 Å². The number of aromatic amines is 1. The van der Waals surface area contributed by atoms with E-state index in [4.69, 9.17) is 11.6 Å². The third-order valence-electron chi connectivity index (χ3n) is 3.71. The number of nitrogens with zero attached hydrogens (tertiary/aromatic N) is 6. The fourth-order valence-electron chi connectivity index (χ4n) is 2.36. The van der Waals surface area contributed by atoms with Crippen LogP contribution in [0.3, 0.4) is 0 Å². The summed E-state index contributed by atoms with van der Waals surface area (Å²) < 4.78 is 15.2. The van der Waals surface area contributed by atoms with Gasteiger partial charge in [0, 0.05) is 17.8 Å². The number of hydrogen-bond acceptors (Lipinski definition) is 6. The van der Waals surface area contributed by atoms with Gasteiger partial charge in [-0.05, 0) is 19.1 Å². The molecule has 0 spiro atoms. The zero-order chi connectivity index (χ0) is 17.4. The average Bonchev–Trinajstić information content (AvgIpc) is 3.26. The standard InChI is InChI=1S/C15H12ClFN8/c1-8(9-5-19-20-6-9)21-15-18-7-13-14(22-15)25(24-23-13)10-2-3-11(16)12(17)4-10/h2-8H,1H3,(H,19,20)(H,18,21,22). The van der Waals surface area contributed by atoms with Crippen molar-refractivity contribution >= 4 is 28.7 Å². The van der Waals surface area contributed by atoms with Crippen molar-refractivity contribution in [1.82, 2.24) is 35.2 Å². The second kappa shape index (κ2) is 6.10. The van der Waals surface area contributed by atoms with Gasteiger partial charge in [0.25, 0.3) is 0 Å². The lowest BCUT2D eigenvalue weighted by atomic mass is 10.2. The van der Waals surface area contributed by atoms with Crippen LogP contribution in [0.5, 0.6) is 0 Å². The first-order valence-corrected chi connectivity index (χ1v) is 7.79. The van der Waals surface area contributed by atoms with Gasteiger partial charge in [-0.15, -0.1) is 5.10 Å². The Morgan fingerprint density at radius 2 is 2.20 bits per heavy atom. The molecule has 1 aromatic carbocycles. The Hall–Kier alpha value is -3.07. The van der Waals surface area contributed by atoms with E-state index >= 15 is 0 Å². The molecule has 0 amide bonds. The number of fused-ring (bicyclic) bond motifs is 1. The first-order chi connectivity index (χ1) is 12.1. The highest BCUT2D eigenvalue weighted by molar-refractivity contribution is 6.30. The summed E-state index contributed by atoms with van der Waals surface area (Å²) in [4.78, 5) is 8.67. The zero-order valence-electron chi connectivity index (χ0n) is 13.0. The molecular weight excluding hydrogens is 347 g/mol. The summed E-state index contributed by atoms with van der Waals surface area (Å²) in [6.45, 7) is 1.96. The monoisotopic (exact) mass is 358 g/mol. The van der Waals surface area contributed by atoms with E-state index in [2.05, 4.69) is 35.8 Å². The number of nitrogens with one attached hydrogen (secondary N) is 2. The molecule has 8 nitrogen and oxygen atoms in total. The van der Waals surface area contributed by atoms with Crippen LogP contribution in [0.25, 0.3) is 16.9 Å². The van der Waals surface area contributed by atoms with Crippen molar-refractivity contribution in [2.45, 2.75) is 13.0 Å². The summed E-state index contributed by atoms with van der Waals surface area (Å²) in [7, 11) is 0. The molecule has 0 aliphatic heterocycles. The van der Waals surface area contributed by atoms with Gasteiger partial charge in [-0.25, -0.2) is 9.37 Å². The molecule has 0 fully saturated rings. The predicted molar refractivity (Wildman–Crippen MR) is 90.0 cm³/mol. The Bertz CT molecular complexity index is 1030. The van der Waals surface area contributed by atoms with Gasteiger partial charge in [0.05, 0.1) is 29.1 Å². The van der Waals surface area contributed by atoms with Crippen LogP contribution in [-0.2, 0) is 0 Å². The molecule has 1 unspecified atom stereocenters. The molecule has 0 radical (unpaired) electrons. The van der Waals surface area contributed by atoms with Crippen molar-refractivity contribution in [3.63, 3.8) is 0 Å². The van der Waals surface area contributed by atoms with Crippen LogP contribution in [0.4, 0.5) is 10.3 Å². The number of rotatable bonds is 4. The maximum absolute atomic E-state index is 13.7. The molecule has 0 saturated heterocycles. The molecule has 0 aliphatic rings. The second-order valence-electron chi connectivity index (χ2n) is 5.40. The SMILES string of the molecule is CC(Nc1ncc2nnn(-c3ccc(Cl)c(F)c3)c2n1)c1cn[nH]c1. The van der Waals surface area contributed by atoms with Crippen LogP contribution in [-0.4, -0.2) is 35.2 Å². The van der Waals surface area contributed by atoms with Crippen molar-refractivity contribution in [2.24, 2.45) is 0 Å². The van der Waals surface area contributed by atoms with E-state index in [0.29, 0.717) is 22.8 Å². The highest BCUT2D eigenvalue weighted by atomic mass is 35.5. The van der Waals surface area contributed by atoms with E-state index in [1.807, 2.05) is 6.92 Å². The molecule has 10 heteroatoms. The lowest BCUT2D eigenvalue weighted by Gasteiger charge is -2.11. The van der Waals surface area contributed by atoms with Crippen LogP contribution in [0.1, 0.15) is 18.5 Å². The number of benzene rings is 1. The molecule has 4 aromatic rings. The minimum atomic E-state index is -0.538. The maximum atomic E-state index is 13.7. The van der Waals surface area contributed by atoms with Crippen LogP contribution < -0.4 is 5.32 Å². The third kappa shape index (κ3) is 2.89. The normalized spacial score (nSPS) is 12.4. The number of aromatic nitrogens is 7. The lowest BCUT2D eigenvalue weighted by Crippen LogP contribution is -2.09. The number of halogens is 2. The summed E-state index contributed by atoms with van der Waals surface area (Å²) in [5.74, 6) is -0.136. The van der Waals surface area contributed by atoms with Crippen molar-refractivity contribution in [2.75, 3.05) is 5.32 Å². The zero-order valence-corrected chi connectivity index (χ0v) is 13.7. The molecule has 0 aliphatic carbocycles. The van der Waals surface area contributed by atoms with Crippen LogP contribution in [0.15, 0.2) is 36.8 Å². The highest BCUT2D eigenvalue weighted by Crippen LogP contribution is 2.21. The third-order valence-corrected chi connectivity index (χ3v) is 4.01.